The van der Waals surface area contributed by atoms with E-state index in [1.54, 1.807) is 0 Å². The molecule has 2 aliphatic carbocycles. The summed E-state index contributed by atoms with van der Waals surface area (Å²) in [6, 6.07) is 93.1. The molecule has 4 aromatic heterocycles. The van der Waals surface area contributed by atoms with E-state index in [1.165, 1.54) is 177 Å². The van der Waals surface area contributed by atoms with Crippen LogP contribution < -0.4 is 0 Å². The van der Waals surface area contributed by atoms with Crippen molar-refractivity contribution in [3.8, 4) is 45.0 Å². The van der Waals surface area contributed by atoms with Crippen LogP contribution in [0.3, 0.4) is 0 Å². The van der Waals surface area contributed by atoms with E-state index in [9.17, 15) is 0 Å². The van der Waals surface area contributed by atoms with Gasteiger partial charge in [-0.15, -0.1) is 0 Å². The van der Waals surface area contributed by atoms with Crippen molar-refractivity contribution in [2.24, 2.45) is 0 Å². The third-order valence-corrected chi connectivity index (χ3v) is 21.8. The van der Waals surface area contributed by atoms with Gasteiger partial charge in [-0.25, -0.2) is 0 Å². The van der Waals surface area contributed by atoms with Gasteiger partial charge in [0.25, 0.3) is 0 Å². The summed E-state index contributed by atoms with van der Waals surface area (Å²) in [4.78, 5) is 0. The first-order valence-corrected chi connectivity index (χ1v) is 32.5. The normalized spacial score (nSPS) is 15.0. The van der Waals surface area contributed by atoms with E-state index in [2.05, 4.69) is 313 Å². The molecule has 16 aromatic rings. The van der Waals surface area contributed by atoms with Crippen molar-refractivity contribution < 1.29 is 0 Å². The van der Waals surface area contributed by atoms with Gasteiger partial charge in [0.15, 0.2) is 0 Å². The Morgan fingerprint density at radius 2 is 0.444 bits per heavy atom. The Morgan fingerprint density at radius 1 is 0.222 bits per heavy atom. The number of hydrogen-bond acceptors (Lipinski definition) is 0. The van der Waals surface area contributed by atoms with Crippen LogP contribution in [0.25, 0.3) is 157 Å². The summed E-state index contributed by atoms with van der Waals surface area (Å²) in [6.07, 6.45) is 13.2. The van der Waals surface area contributed by atoms with Gasteiger partial charge in [-0.2, -0.15) is 0 Å². The zero-order valence-corrected chi connectivity index (χ0v) is 51.0. The highest BCUT2D eigenvalue weighted by molar-refractivity contribution is 6.14. The Balaban J connectivity index is 0.812. The van der Waals surface area contributed by atoms with E-state index in [-0.39, 0.29) is 10.8 Å². The first-order valence-electron chi connectivity index (χ1n) is 32.5. The molecule has 0 spiro atoms. The number of hydrogen-bond donors (Lipinski definition) is 0. The van der Waals surface area contributed by atoms with E-state index >= 15 is 0 Å². The monoisotopic (exact) mass is 1150 g/mol. The molecule has 12 aromatic carbocycles. The van der Waals surface area contributed by atoms with Crippen LogP contribution in [0, 0.1) is 0 Å². The topological polar surface area (TPSA) is 19.7 Å². The fourth-order valence-corrected chi connectivity index (χ4v) is 17.4. The molecule has 0 amide bonds. The second kappa shape index (κ2) is 18.9. The molecule has 0 radical (unpaired) electrons. The van der Waals surface area contributed by atoms with Crippen molar-refractivity contribution in [1.82, 2.24) is 18.3 Å². The zero-order valence-electron chi connectivity index (χ0n) is 51.0. The Bertz CT molecular complexity index is 5140. The number of nitrogens with zero attached hydrogens (tertiary/aromatic N) is 4. The maximum Gasteiger partial charge on any atom is 0.0541 e. The van der Waals surface area contributed by atoms with E-state index < -0.39 is 0 Å². The Morgan fingerprint density at radius 3 is 0.678 bits per heavy atom. The molecule has 428 valence electrons. The van der Waals surface area contributed by atoms with Crippen molar-refractivity contribution in [1.29, 1.82) is 0 Å². The van der Waals surface area contributed by atoms with Gasteiger partial charge in [-0.3, -0.25) is 0 Å². The molecule has 0 saturated carbocycles. The van der Waals surface area contributed by atoms with Crippen LogP contribution in [0.5, 0.6) is 0 Å². The molecule has 90 heavy (non-hydrogen) atoms. The maximum absolute atomic E-state index is 2.53. The van der Waals surface area contributed by atoms with Gasteiger partial charge in [-0.05, 0) is 214 Å². The highest BCUT2D eigenvalue weighted by Crippen LogP contribution is 2.56. The third kappa shape index (κ3) is 6.91. The number of para-hydroxylation sites is 4. The van der Waals surface area contributed by atoms with E-state index in [0.29, 0.717) is 0 Å². The Hall–Kier alpha value is -10.7. The molecule has 0 fully saturated rings. The lowest BCUT2D eigenvalue weighted by molar-refractivity contribution is 0.490. The number of rotatable bonds is 4. The lowest BCUT2D eigenvalue weighted by Gasteiger charge is -2.30. The fraction of sp³-hybridized carbons (Fsp3) is 0.116. The largest absolute Gasteiger partial charge is 0.309 e. The summed E-state index contributed by atoms with van der Waals surface area (Å²) in [5.74, 6) is 0. The van der Waals surface area contributed by atoms with Crippen molar-refractivity contribution in [3.05, 3.63) is 287 Å². The first-order chi connectivity index (χ1) is 44.4. The minimum absolute atomic E-state index is 0.164. The van der Waals surface area contributed by atoms with Gasteiger partial charge in [-0.1, -0.05) is 173 Å². The Kier molecular flexibility index (Phi) is 10.8. The van der Waals surface area contributed by atoms with Gasteiger partial charge >= 0.3 is 0 Å². The highest BCUT2D eigenvalue weighted by Gasteiger charge is 2.43. The predicted molar refractivity (Wildman–Crippen MR) is 382 cm³/mol. The number of aromatic nitrogens is 4. The van der Waals surface area contributed by atoms with Crippen LogP contribution in [0.15, 0.2) is 243 Å². The summed E-state index contributed by atoms with van der Waals surface area (Å²) >= 11 is 0. The van der Waals surface area contributed by atoms with Crippen LogP contribution in [-0.4, -0.2) is 18.3 Å². The van der Waals surface area contributed by atoms with Gasteiger partial charge in [0.05, 0.1) is 44.1 Å². The van der Waals surface area contributed by atoms with Crippen LogP contribution in [0.4, 0.5) is 0 Å². The average molecular weight is 1150 g/mol. The third-order valence-electron chi connectivity index (χ3n) is 21.8. The van der Waals surface area contributed by atoms with Crippen molar-refractivity contribution in [2.75, 3.05) is 0 Å². The maximum atomic E-state index is 2.53. The molecule has 4 nitrogen and oxygen atoms in total. The summed E-state index contributed by atoms with van der Waals surface area (Å²) in [5.41, 5.74) is 29.9. The van der Waals surface area contributed by atoms with E-state index in [4.69, 9.17) is 0 Å². The van der Waals surface area contributed by atoms with E-state index in [0.717, 1.165) is 25.7 Å². The summed E-state index contributed by atoms with van der Waals surface area (Å²) in [5, 5.41) is 10.0. The van der Waals surface area contributed by atoms with Crippen LogP contribution >= 0.6 is 0 Å². The second-order valence-corrected chi connectivity index (χ2v) is 25.7. The number of benzene rings is 12. The average Bonchev–Trinajstić information content (AvgIpc) is 1.58. The summed E-state index contributed by atoms with van der Waals surface area (Å²) in [7, 11) is 0. The SMILES string of the molecule is CCC1(CC)c2cc3ccc2-c2ccc(cc21)-n1c2ccccc2c2cc(ccc21)/C=C\c1ccc2c(c1)c1ccccc1n2-c1ccc2c(c1)C(CC)(CC)c1cc(ccc1-2)-n1c2ccccc2c2cc(ccc21)/C=C\c1ccc2c(c1)c1ccccc1n2-3. The molecular weight excluding hydrogens is 1090 g/mol. The van der Waals surface area contributed by atoms with Crippen LogP contribution in [0.2, 0.25) is 0 Å². The Labute approximate surface area is 523 Å². The molecule has 14 heterocycles. The fourth-order valence-electron chi connectivity index (χ4n) is 17.4. The molecule has 10 aliphatic heterocycles. The molecular formula is C86H64N4. The minimum atomic E-state index is -0.164. The van der Waals surface area contributed by atoms with Gasteiger partial charge in [0, 0.05) is 76.7 Å². The molecule has 4 heteroatoms. The lowest BCUT2D eigenvalue weighted by Crippen LogP contribution is -2.23. The smallest absolute Gasteiger partial charge is 0.0541 e. The van der Waals surface area contributed by atoms with Crippen molar-refractivity contribution >= 4 is 112 Å². The zero-order chi connectivity index (χ0) is 59.7. The molecule has 24 bridgehead atoms. The minimum Gasteiger partial charge on any atom is -0.309 e. The van der Waals surface area contributed by atoms with Gasteiger partial charge < -0.3 is 18.3 Å². The second-order valence-electron chi connectivity index (χ2n) is 25.7. The quantitative estimate of drug-likeness (QED) is 0.167. The van der Waals surface area contributed by atoms with Gasteiger partial charge in [0.1, 0.15) is 0 Å². The predicted octanol–water partition coefficient (Wildman–Crippen LogP) is 22.9. The van der Waals surface area contributed by atoms with Crippen LogP contribution in [-0.2, 0) is 10.8 Å². The summed E-state index contributed by atoms with van der Waals surface area (Å²) in [6.45, 7) is 9.56. The molecule has 28 rings (SSSR count). The first kappa shape index (κ1) is 51.4. The highest BCUT2D eigenvalue weighted by atomic mass is 15.0. The molecule has 12 aliphatic rings. The molecule has 0 N–H and O–H groups in total. The molecule has 0 saturated heterocycles. The lowest BCUT2D eigenvalue weighted by atomic mass is 9.73. The van der Waals surface area contributed by atoms with Crippen molar-refractivity contribution in [2.45, 2.75) is 64.2 Å². The van der Waals surface area contributed by atoms with Gasteiger partial charge in [0.2, 0.25) is 0 Å². The number of fused-ring (bicyclic) bond motifs is 6. The standard InChI is InChI=1S/C86H64N4/c1-5-85(6-2)73-49-57-33-37-61(73)62-38-34-58(50-74(62)85)88-78-22-14-10-18-66(78)70-46-54(30-42-82(70)88)26-28-56-32-44-84-72(48-56)68-20-12-16-24-80(68)90(84)60-36-40-64-63-39-35-59(51-75(63)86(7-3,8-4)76(64)52-60)89-79-23-15-11-19-67(79)71-47-55(31-43-83(71)89)27-25-53-29-41-81-69(45-53)65-17-9-13-21-77(65)87(57)81/h9-52H,5-8H2,1-4H3/b27-25-,28-26-. The van der Waals surface area contributed by atoms with E-state index in [1.807, 2.05) is 0 Å². The molecule has 0 unspecified atom stereocenters. The van der Waals surface area contributed by atoms with Crippen molar-refractivity contribution in [3.63, 3.8) is 0 Å². The van der Waals surface area contributed by atoms with Crippen LogP contribution in [0.1, 0.15) is 97.9 Å². The summed E-state index contributed by atoms with van der Waals surface area (Å²) < 4.78 is 10.0. The molecule has 0 atom stereocenters.